The summed E-state index contributed by atoms with van der Waals surface area (Å²) in [6.45, 7) is 4.34. The van der Waals surface area contributed by atoms with Crippen LogP contribution in [-0.4, -0.2) is 55.2 Å². The van der Waals surface area contributed by atoms with Gasteiger partial charge in [0.2, 0.25) is 10.9 Å². The van der Waals surface area contributed by atoms with Crippen LogP contribution in [0.4, 0.5) is 5.69 Å². The van der Waals surface area contributed by atoms with Gasteiger partial charge in [0, 0.05) is 31.3 Å². The van der Waals surface area contributed by atoms with Crippen LogP contribution in [0.3, 0.4) is 0 Å². The summed E-state index contributed by atoms with van der Waals surface area (Å²) in [7, 11) is -3.96. The molecule has 1 aromatic carbocycles. The topological polar surface area (TPSA) is 106 Å². The number of nitrogens with one attached hydrogen (secondary N) is 1. The van der Waals surface area contributed by atoms with Crippen LogP contribution in [0, 0.1) is 0 Å². The molecule has 0 aliphatic carbocycles. The Morgan fingerprint density at radius 1 is 1.22 bits per heavy atom. The number of rotatable bonds is 4. The second-order valence-corrected chi connectivity index (χ2v) is 8.84. The molecular weight excluding hydrogens is 390 g/mol. The summed E-state index contributed by atoms with van der Waals surface area (Å²) in [5.74, 6) is -0.663. The van der Waals surface area contributed by atoms with Gasteiger partial charge >= 0.3 is 0 Å². The van der Waals surface area contributed by atoms with Crippen LogP contribution in [0.2, 0.25) is 0 Å². The molecule has 2 aromatic heterocycles. The predicted octanol–water partition coefficient (Wildman–Crippen LogP) is 1.12. The summed E-state index contributed by atoms with van der Waals surface area (Å²) in [5, 5.41) is 4.02. The van der Waals surface area contributed by atoms with Gasteiger partial charge in [-0.05, 0) is 12.1 Å². The zero-order chi connectivity index (χ0) is 19.0. The highest BCUT2D eigenvalue weighted by Gasteiger charge is 2.22. The average molecular weight is 407 g/mol. The first kappa shape index (κ1) is 17.9. The molecule has 0 unspecified atom stereocenters. The van der Waals surface area contributed by atoms with Crippen molar-refractivity contribution in [1.82, 2.24) is 19.3 Å². The van der Waals surface area contributed by atoms with Crippen molar-refractivity contribution in [2.45, 2.75) is 11.3 Å². The summed E-state index contributed by atoms with van der Waals surface area (Å²) in [6, 6.07) is 8.03. The van der Waals surface area contributed by atoms with Gasteiger partial charge in [-0.3, -0.25) is 4.79 Å². The minimum Gasteiger partial charge on any atom is -0.378 e. The number of nitrogens with zero attached hydrogens (tertiary/aromatic N) is 4. The molecule has 3 aromatic rings. The molecule has 0 radical (unpaired) electrons. The van der Waals surface area contributed by atoms with E-state index in [4.69, 9.17) is 4.74 Å². The number of carbonyl (C=O) groups is 1. The molecule has 4 rings (SSSR count). The van der Waals surface area contributed by atoms with Crippen LogP contribution in [0.25, 0.3) is 16.2 Å². The number of hydrogen-bond donors (Lipinski definition) is 1. The number of benzene rings is 1. The molecule has 0 atom stereocenters. The molecule has 1 aliphatic heterocycles. The highest BCUT2D eigenvalue weighted by atomic mass is 32.2. The van der Waals surface area contributed by atoms with Gasteiger partial charge in [-0.2, -0.15) is 8.42 Å². The Balaban J connectivity index is 1.57. The SMILES string of the molecule is CC(=O)NS(=O)(=O)c1nn2cc(-c3ccc(N4CCOCC4)cc3)nc2s1. The van der Waals surface area contributed by atoms with E-state index < -0.39 is 15.9 Å². The number of hydrogen-bond acceptors (Lipinski definition) is 8. The summed E-state index contributed by atoms with van der Waals surface area (Å²) >= 11 is 0.904. The molecule has 1 N–H and O–H groups in total. The number of imidazole rings is 1. The zero-order valence-corrected chi connectivity index (χ0v) is 16.1. The Hall–Kier alpha value is -2.50. The number of carbonyl (C=O) groups excluding carboxylic acids is 1. The third-order valence-electron chi connectivity index (χ3n) is 4.07. The fourth-order valence-electron chi connectivity index (χ4n) is 2.83. The van der Waals surface area contributed by atoms with Crippen molar-refractivity contribution < 1.29 is 17.9 Å². The summed E-state index contributed by atoms with van der Waals surface area (Å²) in [6.07, 6.45) is 1.67. The van der Waals surface area contributed by atoms with E-state index in [1.165, 1.54) is 4.52 Å². The van der Waals surface area contributed by atoms with Gasteiger partial charge in [0.15, 0.2) is 0 Å². The van der Waals surface area contributed by atoms with E-state index in [9.17, 15) is 13.2 Å². The Morgan fingerprint density at radius 2 is 1.93 bits per heavy atom. The van der Waals surface area contributed by atoms with Crippen LogP contribution >= 0.6 is 11.3 Å². The van der Waals surface area contributed by atoms with E-state index in [1.807, 2.05) is 29.0 Å². The normalized spacial score (nSPS) is 15.2. The lowest BCUT2D eigenvalue weighted by molar-refractivity contribution is -0.117. The van der Waals surface area contributed by atoms with E-state index in [-0.39, 0.29) is 4.34 Å². The predicted molar refractivity (Wildman–Crippen MR) is 100 cm³/mol. The largest absolute Gasteiger partial charge is 0.378 e. The first-order valence-electron chi connectivity index (χ1n) is 8.25. The molecule has 27 heavy (non-hydrogen) atoms. The minimum atomic E-state index is -3.96. The Labute approximate surface area is 159 Å². The van der Waals surface area contributed by atoms with Crippen molar-refractivity contribution >= 4 is 37.9 Å². The maximum Gasteiger partial charge on any atom is 0.293 e. The number of morpholine rings is 1. The lowest BCUT2D eigenvalue weighted by atomic mass is 10.1. The van der Waals surface area contributed by atoms with E-state index >= 15 is 0 Å². The molecule has 1 amide bonds. The smallest absolute Gasteiger partial charge is 0.293 e. The first-order chi connectivity index (χ1) is 12.9. The van der Waals surface area contributed by atoms with Gasteiger partial charge in [-0.25, -0.2) is 14.2 Å². The highest BCUT2D eigenvalue weighted by Crippen LogP contribution is 2.26. The van der Waals surface area contributed by atoms with Gasteiger partial charge in [0.05, 0.1) is 25.1 Å². The Kier molecular flexibility index (Phi) is 4.58. The van der Waals surface area contributed by atoms with Crippen LogP contribution in [-0.2, 0) is 19.6 Å². The summed E-state index contributed by atoms with van der Waals surface area (Å²) in [5.41, 5.74) is 2.74. The molecule has 1 fully saturated rings. The molecule has 0 saturated carbocycles. The Bertz CT molecular complexity index is 1050. The van der Waals surface area contributed by atoms with Crippen molar-refractivity contribution in [2.24, 2.45) is 0 Å². The number of aromatic nitrogens is 3. The van der Waals surface area contributed by atoms with Crippen molar-refractivity contribution in [3.8, 4) is 11.3 Å². The standard InChI is InChI=1S/C16H17N5O4S2/c1-11(22)19-27(23,24)16-18-21-10-14(17-15(21)26-16)12-2-4-13(5-3-12)20-6-8-25-9-7-20/h2-5,10H,6-9H2,1H3,(H,19,22). The van der Waals surface area contributed by atoms with E-state index in [0.29, 0.717) is 10.7 Å². The lowest BCUT2D eigenvalue weighted by Gasteiger charge is -2.28. The molecule has 11 heteroatoms. The van der Waals surface area contributed by atoms with Crippen LogP contribution in [0.1, 0.15) is 6.92 Å². The average Bonchev–Trinajstić information content (AvgIpc) is 3.21. The van der Waals surface area contributed by atoms with Crippen molar-refractivity contribution in [3.05, 3.63) is 30.5 Å². The van der Waals surface area contributed by atoms with Gasteiger partial charge in [-0.15, -0.1) is 5.10 Å². The quantitative estimate of drug-likeness (QED) is 0.691. The van der Waals surface area contributed by atoms with Crippen molar-refractivity contribution in [1.29, 1.82) is 0 Å². The molecule has 0 spiro atoms. The number of ether oxygens (including phenoxy) is 1. The van der Waals surface area contributed by atoms with Crippen LogP contribution in [0.5, 0.6) is 0 Å². The van der Waals surface area contributed by atoms with E-state index in [0.717, 1.165) is 55.8 Å². The molecule has 0 bridgehead atoms. The number of fused-ring (bicyclic) bond motifs is 1. The molecule has 3 heterocycles. The van der Waals surface area contributed by atoms with Crippen LogP contribution < -0.4 is 9.62 Å². The third-order valence-corrected chi connectivity index (χ3v) is 6.79. The maximum absolute atomic E-state index is 12.0. The monoisotopic (exact) mass is 407 g/mol. The van der Waals surface area contributed by atoms with Crippen LogP contribution in [0.15, 0.2) is 34.8 Å². The van der Waals surface area contributed by atoms with Gasteiger partial charge in [0.25, 0.3) is 14.4 Å². The zero-order valence-electron chi connectivity index (χ0n) is 14.5. The molecule has 142 valence electrons. The van der Waals surface area contributed by atoms with Gasteiger partial charge in [0.1, 0.15) is 0 Å². The molecular formula is C16H17N5O4S2. The van der Waals surface area contributed by atoms with Gasteiger partial charge in [-0.1, -0.05) is 23.5 Å². The second-order valence-electron chi connectivity index (χ2n) is 6.03. The fourth-order valence-corrected chi connectivity index (χ4v) is 4.89. The fraction of sp³-hybridized carbons (Fsp3) is 0.312. The second kappa shape index (κ2) is 6.91. The Morgan fingerprint density at radius 3 is 2.56 bits per heavy atom. The lowest BCUT2D eigenvalue weighted by Crippen LogP contribution is -2.36. The molecule has 9 nitrogen and oxygen atoms in total. The van der Waals surface area contributed by atoms with E-state index in [2.05, 4.69) is 15.0 Å². The third kappa shape index (κ3) is 3.66. The number of sulfonamides is 1. The summed E-state index contributed by atoms with van der Waals surface area (Å²) in [4.78, 5) is 18.2. The molecule has 1 saturated heterocycles. The van der Waals surface area contributed by atoms with Gasteiger partial charge < -0.3 is 9.64 Å². The number of anilines is 1. The maximum atomic E-state index is 12.0. The van der Waals surface area contributed by atoms with Crippen molar-refractivity contribution in [3.63, 3.8) is 0 Å². The van der Waals surface area contributed by atoms with E-state index in [1.54, 1.807) is 6.20 Å². The highest BCUT2D eigenvalue weighted by molar-refractivity contribution is 7.92. The first-order valence-corrected chi connectivity index (χ1v) is 10.5. The molecule has 1 aliphatic rings. The minimum absolute atomic E-state index is 0.200. The van der Waals surface area contributed by atoms with Crippen molar-refractivity contribution in [2.75, 3.05) is 31.2 Å². The number of amides is 1. The summed E-state index contributed by atoms with van der Waals surface area (Å²) < 4.78 is 32.5.